The Balaban J connectivity index is 1.12. The number of hydrogen-bond donors (Lipinski definition) is 2. The van der Waals surface area contributed by atoms with E-state index in [-0.39, 0.29) is 17.2 Å². The number of fused-ring (bicyclic) bond motifs is 5. The average Bonchev–Trinajstić information content (AvgIpc) is 3.31. The quantitative estimate of drug-likeness (QED) is 0.521. The van der Waals surface area contributed by atoms with Crippen LogP contribution in [0.15, 0.2) is 59.3 Å². The highest BCUT2D eigenvalue weighted by Crippen LogP contribution is 2.65. The molecule has 8 nitrogen and oxygen atoms in total. The minimum absolute atomic E-state index is 0.0639. The number of nitrogens with one attached hydrogen (secondary N) is 2. The molecule has 0 bridgehead atoms. The summed E-state index contributed by atoms with van der Waals surface area (Å²) in [6.45, 7) is 4.92. The molecular weight excluding hydrogens is 488 g/mol. The third kappa shape index (κ3) is 4.68. The SMILES string of the molecule is C[C@]12CC/C(=N\NC(=O)c3ccncc3)C[C@@H]1CC[C@@H]1[C@@H]2CC[C@]2(C)/C(=N/NC(=O)c3ccncc3)CC[C@@H]12. The molecule has 4 saturated carbocycles. The Morgan fingerprint density at radius 3 is 2.10 bits per heavy atom. The van der Waals surface area contributed by atoms with Crippen molar-refractivity contribution in [1.29, 1.82) is 0 Å². The smallest absolute Gasteiger partial charge is 0.267 e. The van der Waals surface area contributed by atoms with Gasteiger partial charge in [-0.2, -0.15) is 10.2 Å². The molecule has 0 radical (unpaired) electrons. The number of hydrazone groups is 2. The zero-order valence-electron chi connectivity index (χ0n) is 22.9. The number of aromatic nitrogens is 2. The van der Waals surface area contributed by atoms with Crippen molar-refractivity contribution >= 4 is 23.2 Å². The van der Waals surface area contributed by atoms with E-state index in [4.69, 9.17) is 5.10 Å². The molecule has 2 heterocycles. The maximum absolute atomic E-state index is 12.6. The lowest BCUT2D eigenvalue weighted by atomic mass is 9.45. The van der Waals surface area contributed by atoms with Crippen molar-refractivity contribution in [3.05, 3.63) is 60.2 Å². The highest BCUT2D eigenvalue weighted by molar-refractivity contribution is 5.97. The van der Waals surface area contributed by atoms with Gasteiger partial charge in [0.2, 0.25) is 0 Å². The first-order valence-electron chi connectivity index (χ1n) is 14.4. The van der Waals surface area contributed by atoms with Gasteiger partial charge in [0.25, 0.3) is 11.8 Å². The molecular formula is C31H38N6O2. The zero-order valence-corrected chi connectivity index (χ0v) is 22.9. The average molecular weight is 527 g/mol. The Morgan fingerprint density at radius 1 is 0.795 bits per heavy atom. The van der Waals surface area contributed by atoms with Crippen LogP contribution in [0, 0.1) is 34.5 Å². The van der Waals surface area contributed by atoms with Crippen LogP contribution in [0.1, 0.15) is 92.4 Å². The summed E-state index contributed by atoms with van der Waals surface area (Å²) in [5, 5.41) is 9.26. The molecule has 2 aromatic heterocycles. The molecule has 2 aromatic rings. The predicted octanol–water partition coefficient (Wildman–Crippen LogP) is 5.39. The van der Waals surface area contributed by atoms with Gasteiger partial charge in [-0.3, -0.25) is 19.6 Å². The summed E-state index contributed by atoms with van der Waals surface area (Å²) >= 11 is 0. The van der Waals surface area contributed by atoms with Crippen LogP contribution in [0.25, 0.3) is 0 Å². The minimum atomic E-state index is -0.177. The molecule has 0 spiro atoms. The first-order chi connectivity index (χ1) is 18.9. The molecule has 4 aliphatic rings. The molecule has 39 heavy (non-hydrogen) atoms. The van der Waals surface area contributed by atoms with Crippen molar-refractivity contribution in [3.8, 4) is 0 Å². The van der Waals surface area contributed by atoms with Crippen LogP contribution < -0.4 is 10.9 Å². The Bertz CT molecular complexity index is 1290. The van der Waals surface area contributed by atoms with Crippen molar-refractivity contribution in [2.24, 2.45) is 44.7 Å². The minimum Gasteiger partial charge on any atom is -0.267 e. The molecule has 8 heteroatoms. The van der Waals surface area contributed by atoms with Gasteiger partial charge in [0.15, 0.2) is 0 Å². The number of rotatable bonds is 4. The van der Waals surface area contributed by atoms with Gasteiger partial charge in [0.05, 0.1) is 0 Å². The highest BCUT2D eigenvalue weighted by Gasteiger charge is 2.59. The molecule has 4 aliphatic carbocycles. The molecule has 0 saturated heterocycles. The third-order valence-corrected chi connectivity index (χ3v) is 10.7. The third-order valence-electron chi connectivity index (χ3n) is 10.7. The standard InChI is InChI=1S/C31H38N6O2/c1-30-13-7-23(34-36-28(38)20-9-15-32-16-10-20)19-22(30)3-4-24-25-5-6-27(31(25,2)14-8-26(24)30)35-37-29(39)21-11-17-33-18-12-21/h9-12,15-18,22,24-26H,3-8,13-14,19H2,1-2H3,(H,36,38)(H,37,39)/b34-23+,35-27+/t22-,24-,25-,26-,30-,31-/m0/s1. The molecule has 6 atom stereocenters. The number of carbonyl (C=O) groups is 2. The van der Waals surface area contributed by atoms with Crippen molar-refractivity contribution < 1.29 is 9.59 Å². The van der Waals surface area contributed by atoms with E-state index < -0.39 is 0 Å². The fourth-order valence-corrected chi connectivity index (χ4v) is 8.52. The fourth-order valence-electron chi connectivity index (χ4n) is 8.52. The Labute approximate surface area is 230 Å². The summed E-state index contributed by atoms with van der Waals surface area (Å²) in [5.74, 6) is 2.31. The molecule has 2 N–H and O–H groups in total. The largest absolute Gasteiger partial charge is 0.271 e. The lowest BCUT2D eigenvalue weighted by molar-refractivity contribution is -0.0815. The maximum atomic E-state index is 12.6. The van der Waals surface area contributed by atoms with Crippen molar-refractivity contribution in [1.82, 2.24) is 20.8 Å². The van der Waals surface area contributed by atoms with E-state index >= 15 is 0 Å². The van der Waals surface area contributed by atoms with E-state index in [0.717, 1.165) is 44.2 Å². The molecule has 0 aliphatic heterocycles. The van der Waals surface area contributed by atoms with E-state index in [2.05, 4.69) is 39.8 Å². The van der Waals surface area contributed by atoms with E-state index in [1.54, 1.807) is 49.1 Å². The number of pyridine rings is 2. The highest BCUT2D eigenvalue weighted by atomic mass is 16.2. The van der Waals surface area contributed by atoms with Gasteiger partial charge in [-0.05, 0) is 111 Å². The Hall–Kier alpha value is -3.42. The van der Waals surface area contributed by atoms with Crippen molar-refractivity contribution in [3.63, 3.8) is 0 Å². The molecule has 0 aromatic carbocycles. The fraction of sp³-hybridized carbons (Fsp3) is 0.548. The number of carbonyl (C=O) groups excluding carboxylic acids is 2. The molecule has 4 fully saturated rings. The Morgan fingerprint density at radius 2 is 1.44 bits per heavy atom. The van der Waals surface area contributed by atoms with E-state index in [0.29, 0.717) is 40.2 Å². The first-order valence-corrected chi connectivity index (χ1v) is 14.4. The topological polar surface area (TPSA) is 109 Å². The molecule has 0 unspecified atom stereocenters. The summed E-state index contributed by atoms with van der Waals surface area (Å²) in [6, 6.07) is 6.85. The van der Waals surface area contributed by atoms with Gasteiger partial charge in [-0.25, -0.2) is 10.9 Å². The lowest BCUT2D eigenvalue weighted by Gasteiger charge is -2.59. The monoisotopic (exact) mass is 526 g/mol. The number of amides is 2. The van der Waals surface area contributed by atoms with Gasteiger partial charge in [0.1, 0.15) is 0 Å². The Kier molecular flexibility index (Phi) is 6.81. The van der Waals surface area contributed by atoms with Crippen LogP contribution in [0.5, 0.6) is 0 Å². The summed E-state index contributed by atoms with van der Waals surface area (Å²) in [6.07, 6.45) is 16.5. The summed E-state index contributed by atoms with van der Waals surface area (Å²) < 4.78 is 0. The normalized spacial score (nSPS) is 35.5. The number of hydrogen-bond acceptors (Lipinski definition) is 6. The maximum Gasteiger partial charge on any atom is 0.271 e. The predicted molar refractivity (Wildman–Crippen MR) is 150 cm³/mol. The first kappa shape index (κ1) is 25.8. The van der Waals surface area contributed by atoms with E-state index in [1.165, 1.54) is 25.0 Å². The van der Waals surface area contributed by atoms with Crippen molar-refractivity contribution in [2.75, 3.05) is 0 Å². The van der Waals surface area contributed by atoms with Gasteiger partial charge in [-0.15, -0.1) is 0 Å². The lowest BCUT2D eigenvalue weighted by Crippen LogP contribution is -2.53. The summed E-state index contributed by atoms with van der Waals surface area (Å²) in [5.41, 5.74) is 9.45. The molecule has 204 valence electrons. The van der Waals surface area contributed by atoms with E-state index in [1.807, 2.05) is 0 Å². The van der Waals surface area contributed by atoms with E-state index in [9.17, 15) is 9.59 Å². The summed E-state index contributed by atoms with van der Waals surface area (Å²) in [7, 11) is 0. The number of nitrogens with zero attached hydrogens (tertiary/aromatic N) is 4. The van der Waals surface area contributed by atoms with Crippen LogP contribution in [0.4, 0.5) is 0 Å². The molecule has 2 amide bonds. The van der Waals surface area contributed by atoms with Crippen LogP contribution in [-0.4, -0.2) is 33.2 Å². The van der Waals surface area contributed by atoms with Crippen molar-refractivity contribution in [2.45, 2.75) is 71.6 Å². The van der Waals surface area contributed by atoms with Gasteiger partial charge in [-0.1, -0.05) is 13.8 Å². The van der Waals surface area contributed by atoms with Crippen LogP contribution >= 0.6 is 0 Å². The second-order valence-corrected chi connectivity index (χ2v) is 12.4. The second kappa shape index (κ2) is 10.3. The molecule has 6 rings (SSSR count). The zero-order chi connectivity index (χ0) is 27.0. The van der Waals surface area contributed by atoms with Crippen LogP contribution in [-0.2, 0) is 0 Å². The van der Waals surface area contributed by atoms with Gasteiger partial charge in [0, 0.05) is 52.8 Å². The second-order valence-electron chi connectivity index (χ2n) is 12.4. The van der Waals surface area contributed by atoms with Crippen LogP contribution in [0.2, 0.25) is 0 Å². The van der Waals surface area contributed by atoms with Crippen LogP contribution in [0.3, 0.4) is 0 Å². The van der Waals surface area contributed by atoms with Gasteiger partial charge < -0.3 is 0 Å². The van der Waals surface area contributed by atoms with Gasteiger partial charge >= 0.3 is 0 Å². The summed E-state index contributed by atoms with van der Waals surface area (Å²) in [4.78, 5) is 33.0.